The summed E-state index contributed by atoms with van der Waals surface area (Å²) in [6.45, 7) is 0.735. The molecule has 7 heteroatoms. The van der Waals surface area contributed by atoms with Crippen LogP contribution in [0.5, 0.6) is 0 Å². The fourth-order valence-electron chi connectivity index (χ4n) is 1.98. The maximum Gasteiger partial charge on any atom is 0.224 e. The van der Waals surface area contributed by atoms with E-state index in [1.807, 2.05) is 24.3 Å². The van der Waals surface area contributed by atoms with E-state index in [1.54, 1.807) is 24.5 Å². The van der Waals surface area contributed by atoms with Gasteiger partial charge in [-0.1, -0.05) is 23.7 Å². The van der Waals surface area contributed by atoms with Crippen molar-refractivity contribution >= 4 is 29.2 Å². The smallest absolute Gasteiger partial charge is 0.224 e. The molecule has 1 aromatic carbocycles. The molecule has 0 bridgehead atoms. The number of rotatable bonds is 6. The highest BCUT2D eigenvalue weighted by Gasteiger charge is 2.01. The van der Waals surface area contributed by atoms with Crippen molar-refractivity contribution in [2.24, 2.45) is 0 Å². The Bertz CT molecular complexity index is 748. The number of halogens is 1. The number of nitrogens with one attached hydrogen (secondary N) is 2. The van der Waals surface area contributed by atoms with Crippen LogP contribution in [0.1, 0.15) is 5.56 Å². The summed E-state index contributed by atoms with van der Waals surface area (Å²) in [6, 6.07) is 11.4. The van der Waals surface area contributed by atoms with E-state index < -0.39 is 0 Å². The molecular formula is C16H15ClN6. The Morgan fingerprint density at radius 2 is 1.74 bits per heavy atom. The minimum absolute atomic E-state index is 0.568. The summed E-state index contributed by atoms with van der Waals surface area (Å²) in [5.41, 5.74) is 1.21. The lowest BCUT2D eigenvalue weighted by Crippen LogP contribution is -2.08. The Morgan fingerprint density at radius 1 is 0.913 bits per heavy atom. The molecule has 0 radical (unpaired) electrons. The van der Waals surface area contributed by atoms with Gasteiger partial charge < -0.3 is 10.6 Å². The van der Waals surface area contributed by atoms with Gasteiger partial charge in [-0.15, -0.1) is 0 Å². The molecule has 2 heterocycles. The van der Waals surface area contributed by atoms with Gasteiger partial charge in [-0.05, 0) is 36.2 Å². The number of benzene rings is 1. The fraction of sp³-hybridized carbons (Fsp3) is 0.125. The summed E-state index contributed by atoms with van der Waals surface area (Å²) < 4.78 is 0. The summed E-state index contributed by atoms with van der Waals surface area (Å²) in [5, 5.41) is 7.05. The van der Waals surface area contributed by atoms with Crippen molar-refractivity contribution in [3.63, 3.8) is 0 Å². The van der Waals surface area contributed by atoms with Gasteiger partial charge in [0.25, 0.3) is 0 Å². The molecule has 0 unspecified atom stereocenters. The summed E-state index contributed by atoms with van der Waals surface area (Å²) in [4.78, 5) is 16.6. The van der Waals surface area contributed by atoms with Crippen LogP contribution in [0.4, 0.5) is 17.6 Å². The summed E-state index contributed by atoms with van der Waals surface area (Å²) in [7, 11) is 0. The van der Waals surface area contributed by atoms with Crippen LogP contribution in [-0.4, -0.2) is 26.5 Å². The minimum atomic E-state index is 0.568. The molecule has 3 rings (SSSR count). The van der Waals surface area contributed by atoms with E-state index >= 15 is 0 Å². The zero-order chi connectivity index (χ0) is 15.9. The lowest BCUT2D eigenvalue weighted by molar-refractivity contribution is 0.984. The number of nitrogens with zero attached hydrogens (tertiary/aromatic N) is 4. The number of hydrogen-bond donors (Lipinski definition) is 2. The predicted molar refractivity (Wildman–Crippen MR) is 91.0 cm³/mol. The Labute approximate surface area is 139 Å². The van der Waals surface area contributed by atoms with Crippen molar-refractivity contribution < 1.29 is 0 Å². The Balaban J connectivity index is 1.56. The monoisotopic (exact) mass is 326 g/mol. The molecule has 0 aliphatic heterocycles. The van der Waals surface area contributed by atoms with Gasteiger partial charge in [-0.2, -0.15) is 4.98 Å². The van der Waals surface area contributed by atoms with Gasteiger partial charge in [0, 0.05) is 24.0 Å². The molecule has 23 heavy (non-hydrogen) atoms. The summed E-state index contributed by atoms with van der Waals surface area (Å²) >= 11 is 5.87. The molecule has 0 aliphatic rings. The van der Waals surface area contributed by atoms with E-state index in [9.17, 15) is 0 Å². The average molecular weight is 327 g/mol. The van der Waals surface area contributed by atoms with Gasteiger partial charge in [0.2, 0.25) is 5.95 Å². The topological polar surface area (TPSA) is 75.6 Å². The summed E-state index contributed by atoms with van der Waals surface area (Å²) in [5.74, 6) is 1.93. The molecule has 0 amide bonds. The Kier molecular flexibility index (Phi) is 4.95. The number of anilines is 3. The van der Waals surface area contributed by atoms with Crippen LogP contribution in [0.15, 0.2) is 55.1 Å². The quantitative estimate of drug-likeness (QED) is 0.723. The summed E-state index contributed by atoms with van der Waals surface area (Å²) in [6.07, 6.45) is 5.71. The molecule has 0 aliphatic carbocycles. The molecule has 116 valence electrons. The van der Waals surface area contributed by atoms with Crippen LogP contribution in [-0.2, 0) is 6.42 Å². The standard InChI is InChI=1S/C16H15ClN6/c17-13-3-1-12(2-4-13)5-9-19-16-20-10-7-15(23-16)22-14-6-8-18-11-21-14/h1-4,6-8,10-11H,5,9H2,(H2,18,19,20,21,22,23). The zero-order valence-corrected chi connectivity index (χ0v) is 13.0. The number of aromatic nitrogens is 4. The third kappa shape index (κ3) is 4.62. The van der Waals surface area contributed by atoms with Crippen LogP contribution in [0, 0.1) is 0 Å². The normalized spacial score (nSPS) is 10.3. The van der Waals surface area contributed by atoms with E-state index in [2.05, 4.69) is 30.6 Å². The average Bonchev–Trinajstić information content (AvgIpc) is 2.58. The van der Waals surface area contributed by atoms with Crippen LogP contribution in [0.2, 0.25) is 5.02 Å². The highest BCUT2D eigenvalue weighted by molar-refractivity contribution is 6.30. The Morgan fingerprint density at radius 3 is 2.52 bits per heavy atom. The van der Waals surface area contributed by atoms with Crippen molar-refractivity contribution in [1.82, 2.24) is 19.9 Å². The predicted octanol–water partition coefficient (Wildman–Crippen LogP) is 3.32. The SMILES string of the molecule is Clc1ccc(CCNc2nccc(Nc3ccncn3)n2)cc1. The maximum absolute atomic E-state index is 5.87. The first-order valence-corrected chi connectivity index (χ1v) is 7.52. The van der Waals surface area contributed by atoms with Crippen molar-refractivity contribution in [3.8, 4) is 0 Å². The van der Waals surface area contributed by atoms with Crippen molar-refractivity contribution in [2.45, 2.75) is 6.42 Å². The van der Waals surface area contributed by atoms with E-state index in [1.165, 1.54) is 11.9 Å². The molecule has 0 atom stereocenters. The van der Waals surface area contributed by atoms with Crippen LogP contribution in [0.3, 0.4) is 0 Å². The van der Waals surface area contributed by atoms with Gasteiger partial charge in [0.05, 0.1) is 0 Å². The van der Waals surface area contributed by atoms with E-state index in [4.69, 9.17) is 11.6 Å². The molecule has 6 nitrogen and oxygen atoms in total. The largest absolute Gasteiger partial charge is 0.354 e. The molecule has 0 saturated carbocycles. The van der Waals surface area contributed by atoms with Gasteiger partial charge in [0.15, 0.2) is 0 Å². The first kappa shape index (κ1) is 15.2. The highest BCUT2D eigenvalue weighted by atomic mass is 35.5. The molecule has 2 N–H and O–H groups in total. The van der Waals surface area contributed by atoms with Crippen molar-refractivity contribution in [3.05, 3.63) is 65.7 Å². The number of hydrogen-bond acceptors (Lipinski definition) is 6. The zero-order valence-electron chi connectivity index (χ0n) is 12.3. The fourth-order valence-corrected chi connectivity index (χ4v) is 2.11. The first-order chi connectivity index (χ1) is 11.3. The lowest BCUT2D eigenvalue weighted by Gasteiger charge is -2.08. The molecule has 0 spiro atoms. The molecule has 3 aromatic rings. The molecule has 0 fully saturated rings. The Hall–Kier alpha value is -2.73. The molecule has 0 saturated heterocycles. The van der Waals surface area contributed by atoms with E-state index in [0.29, 0.717) is 17.6 Å². The first-order valence-electron chi connectivity index (χ1n) is 7.14. The van der Waals surface area contributed by atoms with Crippen LogP contribution in [0.25, 0.3) is 0 Å². The van der Waals surface area contributed by atoms with Gasteiger partial charge in [-0.25, -0.2) is 15.0 Å². The third-order valence-electron chi connectivity index (χ3n) is 3.10. The molecule has 2 aromatic heterocycles. The van der Waals surface area contributed by atoms with Crippen molar-refractivity contribution in [2.75, 3.05) is 17.2 Å². The minimum Gasteiger partial charge on any atom is -0.354 e. The lowest BCUT2D eigenvalue weighted by atomic mass is 10.1. The second-order valence-corrected chi connectivity index (χ2v) is 5.22. The second kappa shape index (κ2) is 7.51. The van der Waals surface area contributed by atoms with E-state index in [-0.39, 0.29) is 0 Å². The second-order valence-electron chi connectivity index (χ2n) is 4.79. The molecular weight excluding hydrogens is 312 g/mol. The van der Waals surface area contributed by atoms with Crippen molar-refractivity contribution in [1.29, 1.82) is 0 Å². The highest BCUT2D eigenvalue weighted by Crippen LogP contribution is 2.12. The van der Waals surface area contributed by atoms with Crippen LogP contribution < -0.4 is 10.6 Å². The van der Waals surface area contributed by atoms with Gasteiger partial charge in [-0.3, -0.25) is 0 Å². The van der Waals surface area contributed by atoms with Gasteiger partial charge in [0.1, 0.15) is 18.0 Å². The van der Waals surface area contributed by atoms with Gasteiger partial charge >= 0.3 is 0 Å². The van der Waals surface area contributed by atoms with E-state index in [0.717, 1.165) is 18.0 Å². The maximum atomic E-state index is 5.87. The third-order valence-corrected chi connectivity index (χ3v) is 3.36. The van der Waals surface area contributed by atoms with Crippen LogP contribution >= 0.6 is 11.6 Å².